The summed E-state index contributed by atoms with van der Waals surface area (Å²) in [6.45, 7) is 3.81. The lowest BCUT2D eigenvalue weighted by Gasteiger charge is -2.25. The van der Waals surface area contributed by atoms with Crippen molar-refractivity contribution in [2.45, 2.75) is 36.3 Å². The molecule has 0 amide bonds. The lowest BCUT2D eigenvalue weighted by Crippen LogP contribution is -2.33. The Morgan fingerprint density at radius 1 is 1.31 bits per heavy atom. The van der Waals surface area contributed by atoms with Gasteiger partial charge in [0.05, 0.1) is 0 Å². The van der Waals surface area contributed by atoms with E-state index in [1.807, 2.05) is 26.0 Å². The number of carboxylic acid groups (broad SMARTS) is 1. The summed E-state index contributed by atoms with van der Waals surface area (Å²) in [7, 11) is 0. The molecule has 0 aliphatic carbocycles. The number of hydrogen-bond donors (Lipinski definition) is 2. The molecular formula is C12H17NO2S. The average molecular weight is 239 g/mol. The Morgan fingerprint density at radius 2 is 1.81 bits per heavy atom. The number of hydrogen-bond acceptors (Lipinski definition) is 3. The van der Waals surface area contributed by atoms with E-state index in [9.17, 15) is 9.90 Å². The Kier molecular flexibility index (Phi) is 4.24. The van der Waals surface area contributed by atoms with Crippen LogP contribution in [0.3, 0.4) is 0 Å². The van der Waals surface area contributed by atoms with Gasteiger partial charge in [-0.05, 0) is 37.1 Å². The van der Waals surface area contributed by atoms with Crippen LogP contribution in [0.5, 0.6) is 0 Å². The maximum absolute atomic E-state index is 11.3. The van der Waals surface area contributed by atoms with E-state index in [2.05, 4.69) is 0 Å². The highest BCUT2D eigenvalue weighted by Crippen LogP contribution is 2.38. The van der Waals surface area contributed by atoms with E-state index in [0.717, 1.165) is 4.90 Å². The van der Waals surface area contributed by atoms with Crippen LogP contribution in [0, 0.1) is 0 Å². The Labute approximate surface area is 100 Å². The van der Waals surface area contributed by atoms with Crippen molar-refractivity contribution in [2.24, 2.45) is 0 Å². The van der Waals surface area contributed by atoms with Crippen molar-refractivity contribution >= 4 is 23.4 Å². The molecule has 0 spiro atoms. The van der Waals surface area contributed by atoms with Gasteiger partial charge in [-0.15, -0.1) is 11.8 Å². The van der Waals surface area contributed by atoms with Crippen molar-refractivity contribution < 1.29 is 9.90 Å². The molecule has 0 radical (unpaired) electrons. The van der Waals surface area contributed by atoms with Crippen LogP contribution >= 0.6 is 11.8 Å². The van der Waals surface area contributed by atoms with E-state index >= 15 is 0 Å². The van der Waals surface area contributed by atoms with Crippen LogP contribution in [0.25, 0.3) is 0 Å². The van der Waals surface area contributed by atoms with E-state index in [1.54, 1.807) is 12.1 Å². The lowest BCUT2D eigenvalue weighted by molar-refractivity contribution is -0.140. The molecular weight excluding hydrogens is 222 g/mol. The van der Waals surface area contributed by atoms with Crippen LogP contribution < -0.4 is 5.73 Å². The molecule has 4 heteroatoms. The molecule has 0 saturated heterocycles. The highest BCUT2D eigenvalue weighted by atomic mass is 32.2. The number of nitrogens with two attached hydrogens (primary N) is 1. The first-order valence-corrected chi connectivity index (χ1v) is 6.13. The smallest absolute Gasteiger partial charge is 0.320 e. The van der Waals surface area contributed by atoms with Crippen molar-refractivity contribution in [1.82, 2.24) is 0 Å². The van der Waals surface area contributed by atoms with E-state index in [-0.39, 0.29) is 0 Å². The largest absolute Gasteiger partial charge is 0.480 e. The predicted molar refractivity (Wildman–Crippen MR) is 67.7 cm³/mol. The Hall–Kier alpha value is -1.16. The Balaban J connectivity index is 2.91. The fourth-order valence-corrected chi connectivity index (χ4v) is 2.60. The normalized spacial score (nSPS) is 11.4. The molecule has 0 heterocycles. The van der Waals surface area contributed by atoms with E-state index in [0.29, 0.717) is 18.5 Å². The van der Waals surface area contributed by atoms with E-state index < -0.39 is 10.7 Å². The van der Waals surface area contributed by atoms with Crippen molar-refractivity contribution in [3.05, 3.63) is 24.3 Å². The topological polar surface area (TPSA) is 63.3 Å². The van der Waals surface area contributed by atoms with Crippen LogP contribution in [0.15, 0.2) is 29.2 Å². The quantitative estimate of drug-likeness (QED) is 0.612. The number of carboxylic acids is 1. The van der Waals surface area contributed by atoms with Gasteiger partial charge in [-0.2, -0.15) is 0 Å². The molecule has 0 saturated carbocycles. The number of benzene rings is 1. The van der Waals surface area contributed by atoms with Crippen LogP contribution in [0.2, 0.25) is 0 Å². The number of rotatable bonds is 5. The number of anilines is 1. The van der Waals surface area contributed by atoms with Crippen LogP contribution in [-0.2, 0) is 4.79 Å². The maximum Gasteiger partial charge on any atom is 0.320 e. The van der Waals surface area contributed by atoms with Crippen LogP contribution in [-0.4, -0.2) is 15.8 Å². The minimum atomic E-state index is -0.751. The van der Waals surface area contributed by atoms with Gasteiger partial charge in [0.2, 0.25) is 0 Å². The fourth-order valence-electron chi connectivity index (χ4n) is 1.50. The second kappa shape index (κ2) is 5.25. The van der Waals surface area contributed by atoms with Crippen molar-refractivity contribution in [1.29, 1.82) is 0 Å². The zero-order chi connectivity index (χ0) is 12.2. The maximum atomic E-state index is 11.3. The molecule has 16 heavy (non-hydrogen) atoms. The fraction of sp³-hybridized carbons (Fsp3) is 0.417. The first-order valence-electron chi connectivity index (χ1n) is 5.32. The molecule has 3 N–H and O–H groups in total. The first kappa shape index (κ1) is 12.9. The standard InChI is InChI=1S/C12H17NO2S/c1-3-12(4-2,11(14)15)16-10-7-5-9(13)6-8-10/h5-8H,3-4,13H2,1-2H3,(H,14,15). The Morgan fingerprint density at radius 3 is 2.19 bits per heavy atom. The van der Waals surface area contributed by atoms with E-state index in [1.165, 1.54) is 11.8 Å². The van der Waals surface area contributed by atoms with Crippen molar-refractivity contribution in [2.75, 3.05) is 5.73 Å². The van der Waals surface area contributed by atoms with Crippen molar-refractivity contribution in [3.63, 3.8) is 0 Å². The molecule has 0 atom stereocenters. The van der Waals surface area contributed by atoms with Gasteiger partial charge in [0.1, 0.15) is 4.75 Å². The minimum absolute atomic E-state index is 0.605. The summed E-state index contributed by atoms with van der Waals surface area (Å²) in [5.74, 6) is -0.751. The summed E-state index contributed by atoms with van der Waals surface area (Å²) in [6.07, 6.45) is 1.21. The van der Waals surface area contributed by atoms with Gasteiger partial charge in [0.25, 0.3) is 0 Å². The van der Waals surface area contributed by atoms with Gasteiger partial charge < -0.3 is 10.8 Å². The van der Waals surface area contributed by atoms with Gasteiger partial charge in [-0.25, -0.2) is 0 Å². The molecule has 0 aliphatic rings. The molecule has 0 fully saturated rings. The average Bonchev–Trinajstić information content (AvgIpc) is 2.28. The second-order valence-electron chi connectivity index (χ2n) is 3.68. The molecule has 3 nitrogen and oxygen atoms in total. The summed E-state index contributed by atoms with van der Waals surface area (Å²) in [4.78, 5) is 12.3. The molecule has 1 aromatic carbocycles. The monoisotopic (exact) mass is 239 g/mol. The molecule has 0 aromatic heterocycles. The summed E-state index contributed by atoms with van der Waals surface area (Å²) < 4.78 is -0.726. The van der Waals surface area contributed by atoms with Gasteiger partial charge in [0.15, 0.2) is 0 Å². The third kappa shape index (κ3) is 2.70. The summed E-state index contributed by atoms with van der Waals surface area (Å²) in [6, 6.07) is 7.31. The summed E-state index contributed by atoms with van der Waals surface area (Å²) in [5, 5.41) is 9.29. The number of carbonyl (C=O) groups is 1. The third-order valence-electron chi connectivity index (χ3n) is 2.73. The van der Waals surface area contributed by atoms with Crippen molar-refractivity contribution in [3.8, 4) is 0 Å². The van der Waals surface area contributed by atoms with Crippen LogP contribution in [0.4, 0.5) is 5.69 Å². The third-order valence-corrected chi connectivity index (χ3v) is 4.38. The van der Waals surface area contributed by atoms with E-state index in [4.69, 9.17) is 5.73 Å². The highest BCUT2D eigenvalue weighted by molar-refractivity contribution is 8.01. The number of aliphatic carboxylic acids is 1. The zero-order valence-electron chi connectivity index (χ0n) is 9.56. The number of nitrogen functional groups attached to an aromatic ring is 1. The molecule has 1 rings (SSSR count). The SMILES string of the molecule is CCC(CC)(Sc1ccc(N)cc1)C(=O)O. The lowest BCUT2D eigenvalue weighted by atomic mass is 10.0. The zero-order valence-corrected chi connectivity index (χ0v) is 10.4. The molecule has 88 valence electrons. The summed E-state index contributed by atoms with van der Waals surface area (Å²) >= 11 is 1.40. The van der Waals surface area contributed by atoms with Gasteiger partial charge in [0, 0.05) is 10.6 Å². The second-order valence-corrected chi connectivity index (χ2v) is 5.13. The molecule has 0 bridgehead atoms. The highest BCUT2D eigenvalue weighted by Gasteiger charge is 2.35. The Bertz CT molecular complexity index is 358. The number of thioether (sulfide) groups is 1. The van der Waals surface area contributed by atoms with Gasteiger partial charge in [-0.1, -0.05) is 13.8 Å². The predicted octanol–water partition coefficient (Wildman–Crippen LogP) is 3.00. The summed E-state index contributed by atoms with van der Waals surface area (Å²) in [5.41, 5.74) is 6.28. The first-order chi connectivity index (χ1) is 7.54. The van der Waals surface area contributed by atoms with Crippen LogP contribution in [0.1, 0.15) is 26.7 Å². The molecule has 1 aromatic rings. The molecule has 0 unspecified atom stereocenters. The van der Waals surface area contributed by atoms with Gasteiger partial charge in [-0.3, -0.25) is 4.79 Å². The van der Waals surface area contributed by atoms with Gasteiger partial charge >= 0.3 is 5.97 Å². The molecule has 0 aliphatic heterocycles. The minimum Gasteiger partial charge on any atom is -0.480 e.